The second kappa shape index (κ2) is 9.54. The summed E-state index contributed by atoms with van der Waals surface area (Å²) in [5, 5.41) is 16.6. The van der Waals surface area contributed by atoms with Crippen molar-refractivity contribution >= 4 is 43.2 Å². The van der Waals surface area contributed by atoms with Gasteiger partial charge in [-0.3, -0.25) is 14.9 Å². The third-order valence-electron chi connectivity index (χ3n) is 4.71. The van der Waals surface area contributed by atoms with Crippen molar-refractivity contribution in [3.63, 3.8) is 0 Å². The molecule has 11 heteroatoms. The van der Waals surface area contributed by atoms with E-state index in [2.05, 4.69) is 26.6 Å². The number of halogens is 1. The van der Waals surface area contributed by atoms with Crippen molar-refractivity contribution in [3.8, 4) is 0 Å². The van der Waals surface area contributed by atoms with Gasteiger partial charge in [0.1, 0.15) is 5.69 Å². The quantitative estimate of drug-likeness (QED) is 0.329. The summed E-state index contributed by atoms with van der Waals surface area (Å²) in [5.74, 6) is -0.440. The highest BCUT2D eigenvalue weighted by Crippen LogP contribution is 2.26. The van der Waals surface area contributed by atoms with Gasteiger partial charge in [0.15, 0.2) is 0 Å². The summed E-state index contributed by atoms with van der Waals surface area (Å²) in [6.07, 6.45) is 1.66. The number of sulfonamides is 1. The number of amides is 1. The second-order valence-electron chi connectivity index (χ2n) is 6.71. The third kappa shape index (κ3) is 4.97. The van der Waals surface area contributed by atoms with Crippen LogP contribution in [0, 0.1) is 10.1 Å². The standard InChI is InChI=1S/C19H21BrN4O5S/c20-16-8-7-14(30(28,29)23-11-3-4-12-23)13-15(16)19(25)22-10-9-21-17-5-1-2-6-18(17)24(26)27/h1-2,5-8,13,21H,3-4,9-12H2,(H,22,25). The molecule has 1 amide bonds. The number of hydrogen-bond donors (Lipinski definition) is 2. The molecule has 0 radical (unpaired) electrons. The number of nitrogens with zero attached hydrogens (tertiary/aromatic N) is 2. The molecule has 0 saturated carbocycles. The van der Waals surface area contributed by atoms with Gasteiger partial charge in [0.2, 0.25) is 10.0 Å². The number of benzene rings is 2. The molecule has 0 bridgehead atoms. The van der Waals surface area contributed by atoms with Gasteiger partial charge >= 0.3 is 0 Å². The van der Waals surface area contributed by atoms with E-state index in [0.29, 0.717) is 23.2 Å². The Balaban J connectivity index is 1.64. The minimum atomic E-state index is -3.63. The Labute approximate surface area is 182 Å². The first-order valence-corrected chi connectivity index (χ1v) is 11.6. The normalized spacial score (nSPS) is 14.4. The molecule has 1 heterocycles. The molecule has 0 aliphatic carbocycles. The van der Waals surface area contributed by atoms with Crippen molar-refractivity contribution in [2.75, 3.05) is 31.5 Å². The van der Waals surface area contributed by atoms with E-state index in [4.69, 9.17) is 0 Å². The van der Waals surface area contributed by atoms with Crippen molar-refractivity contribution in [2.45, 2.75) is 17.7 Å². The molecule has 1 aliphatic heterocycles. The zero-order valence-corrected chi connectivity index (χ0v) is 18.4. The van der Waals surface area contributed by atoms with E-state index < -0.39 is 20.9 Å². The molecule has 0 aromatic heterocycles. The molecule has 0 unspecified atom stereocenters. The number of nitro groups is 1. The van der Waals surface area contributed by atoms with Crippen LogP contribution in [0.25, 0.3) is 0 Å². The van der Waals surface area contributed by atoms with Crippen LogP contribution in [0.5, 0.6) is 0 Å². The fourth-order valence-electron chi connectivity index (χ4n) is 3.17. The summed E-state index contributed by atoms with van der Waals surface area (Å²) in [4.78, 5) is 23.2. The Kier molecular flexibility index (Phi) is 7.06. The van der Waals surface area contributed by atoms with Gasteiger partial charge in [-0.15, -0.1) is 0 Å². The smallest absolute Gasteiger partial charge is 0.292 e. The molecule has 9 nitrogen and oxygen atoms in total. The van der Waals surface area contributed by atoms with Gasteiger partial charge in [-0.05, 0) is 53.0 Å². The van der Waals surface area contributed by atoms with Gasteiger partial charge < -0.3 is 10.6 Å². The predicted molar refractivity (Wildman–Crippen MR) is 116 cm³/mol. The van der Waals surface area contributed by atoms with Gasteiger partial charge in [0.05, 0.1) is 15.4 Å². The molecule has 0 atom stereocenters. The van der Waals surface area contributed by atoms with Crippen LogP contribution in [0.2, 0.25) is 0 Å². The second-order valence-corrected chi connectivity index (χ2v) is 9.50. The Bertz CT molecular complexity index is 1050. The molecular weight excluding hydrogens is 476 g/mol. The lowest BCUT2D eigenvalue weighted by Gasteiger charge is -2.16. The lowest BCUT2D eigenvalue weighted by Crippen LogP contribution is -2.30. The molecule has 160 valence electrons. The van der Waals surface area contributed by atoms with Crippen LogP contribution in [0.4, 0.5) is 11.4 Å². The van der Waals surface area contributed by atoms with Crippen LogP contribution in [0.15, 0.2) is 51.8 Å². The van der Waals surface area contributed by atoms with Crippen LogP contribution in [0.1, 0.15) is 23.2 Å². The molecule has 0 spiro atoms. The lowest BCUT2D eigenvalue weighted by atomic mass is 10.2. The van der Waals surface area contributed by atoms with Crippen LogP contribution < -0.4 is 10.6 Å². The van der Waals surface area contributed by atoms with Crippen molar-refractivity contribution in [3.05, 3.63) is 62.6 Å². The number of anilines is 1. The van der Waals surface area contributed by atoms with E-state index >= 15 is 0 Å². The number of nitrogens with one attached hydrogen (secondary N) is 2. The van der Waals surface area contributed by atoms with Crippen LogP contribution in [0.3, 0.4) is 0 Å². The van der Waals surface area contributed by atoms with Crippen molar-refractivity contribution < 1.29 is 18.1 Å². The molecule has 30 heavy (non-hydrogen) atoms. The summed E-state index contributed by atoms with van der Waals surface area (Å²) in [7, 11) is -3.63. The van der Waals surface area contributed by atoms with Crippen LogP contribution >= 0.6 is 15.9 Å². The van der Waals surface area contributed by atoms with E-state index in [0.717, 1.165) is 12.8 Å². The lowest BCUT2D eigenvalue weighted by molar-refractivity contribution is -0.384. The monoisotopic (exact) mass is 496 g/mol. The Morgan fingerprint density at radius 3 is 2.53 bits per heavy atom. The molecule has 2 aromatic rings. The summed E-state index contributed by atoms with van der Waals surface area (Å²) >= 11 is 3.29. The number of rotatable bonds is 8. The molecule has 2 N–H and O–H groups in total. The largest absolute Gasteiger partial charge is 0.378 e. The highest BCUT2D eigenvalue weighted by atomic mass is 79.9. The van der Waals surface area contributed by atoms with Gasteiger partial charge in [0, 0.05) is 36.7 Å². The van der Waals surface area contributed by atoms with E-state index in [1.165, 1.54) is 22.5 Å². The number of nitro benzene ring substituents is 1. The van der Waals surface area contributed by atoms with Crippen LogP contribution in [-0.2, 0) is 10.0 Å². The fraction of sp³-hybridized carbons (Fsp3) is 0.316. The predicted octanol–water partition coefficient (Wildman–Crippen LogP) is 2.98. The molecule has 1 aliphatic rings. The summed E-state index contributed by atoms with van der Waals surface area (Å²) in [6, 6.07) is 10.6. The van der Waals surface area contributed by atoms with Crippen LogP contribution in [-0.4, -0.2) is 49.7 Å². The maximum atomic E-state index is 12.7. The maximum absolute atomic E-state index is 12.7. The SMILES string of the molecule is O=C(NCCNc1ccccc1[N+](=O)[O-])c1cc(S(=O)(=O)N2CCCC2)ccc1Br. The molecule has 3 rings (SSSR count). The number of carbonyl (C=O) groups excluding carboxylic acids is 1. The first-order chi connectivity index (χ1) is 14.3. The van der Waals surface area contributed by atoms with Crippen molar-refractivity contribution in [2.24, 2.45) is 0 Å². The molecule has 2 aromatic carbocycles. The van der Waals surface area contributed by atoms with E-state index in [1.54, 1.807) is 24.3 Å². The average Bonchev–Trinajstić information content (AvgIpc) is 3.27. The first kappa shape index (κ1) is 22.2. The highest BCUT2D eigenvalue weighted by Gasteiger charge is 2.28. The van der Waals surface area contributed by atoms with E-state index in [-0.39, 0.29) is 29.2 Å². The number of para-hydroxylation sites is 2. The molecule has 1 fully saturated rings. The first-order valence-electron chi connectivity index (χ1n) is 9.36. The van der Waals surface area contributed by atoms with E-state index in [9.17, 15) is 23.3 Å². The Morgan fingerprint density at radius 1 is 1.13 bits per heavy atom. The minimum Gasteiger partial charge on any atom is -0.378 e. The highest BCUT2D eigenvalue weighted by molar-refractivity contribution is 9.10. The number of carbonyl (C=O) groups is 1. The number of hydrogen-bond acceptors (Lipinski definition) is 6. The maximum Gasteiger partial charge on any atom is 0.292 e. The molecular formula is C19H21BrN4O5S. The van der Waals surface area contributed by atoms with E-state index in [1.807, 2.05) is 0 Å². The summed E-state index contributed by atoms with van der Waals surface area (Å²) < 4.78 is 27.4. The topological polar surface area (TPSA) is 122 Å². The molecule has 1 saturated heterocycles. The van der Waals surface area contributed by atoms with Gasteiger partial charge in [-0.2, -0.15) is 4.31 Å². The van der Waals surface area contributed by atoms with Gasteiger partial charge in [-0.1, -0.05) is 12.1 Å². The average molecular weight is 497 g/mol. The fourth-order valence-corrected chi connectivity index (χ4v) is 5.14. The Morgan fingerprint density at radius 2 is 1.83 bits per heavy atom. The minimum absolute atomic E-state index is 0.0496. The zero-order chi connectivity index (χ0) is 21.7. The zero-order valence-electron chi connectivity index (χ0n) is 16.0. The van der Waals surface area contributed by atoms with Gasteiger partial charge in [-0.25, -0.2) is 8.42 Å². The van der Waals surface area contributed by atoms with Gasteiger partial charge in [0.25, 0.3) is 11.6 Å². The van der Waals surface area contributed by atoms with Crippen molar-refractivity contribution in [1.29, 1.82) is 0 Å². The third-order valence-corrected chi connectivity index (χ3v) is 7.30. The summed E-state index contributed by atoms with van der Waals surface area (Å²) in [6.45, 7) is 1.43. The summed E-state index contributed by atoms with van der Waals surface area (Å²) in [5.41, 5.74) is 0.518. The van der Waals surface area contributed by atoms with Crippen molar-refractivity contribution in [1.82, 2.24) is 9.62 Å². The Hall–Kier alpha value is -2.50.